The third kappa shape index (κ3) is 3.76. The molecule has 1 amide bonds. The number of carbonyl (C=O) groups excluding carboxylic acids is 1. The van der Waals surface area contributed by atoms with E-state index < -0.39 is 0 Å². The van der Waals surface area contributed by atoms with Gasteiger partial charge in [0.2, 0.25) is 0 Å². The quantitative estimate of drug-likeness (QED) is 0.848. The zero-order valence-electron chi connectivity index (χ0n) is 13.8. The van der Waals surface area contributed by atoms with Gasteiger partial charge in [0.25, 0.3) is 5.91 Å². The summed E-state index contributed by atoms with van der Waals surface area (Å²) in [5, 5.41) is 4.21. The zero-order valence-corrected chi connectivity index (χ0v) is 14.7. The van der Waals surface area contributed by atoms with E-state index in [0.717, 1.165) is 16.2 Å². The van der Waals surface area contributed by atoms with Crippen LogP contribution in [0.3, 0.4) is 0 Å². The number of halogens is 1. The highest BCUT2D eigenvalue weighted by atomic mass is 32.2. The third-order valence-corrected chi connectivity index (χ3v) is 4.86. The highest BCUT2D eigenvalue weighted by molar-refractivity contribution is 7.99. The molecule has 0 aromatic heterocycles. The van der Waals surface area contributed by atoms with Gasteiger partial charge >= 0.3 is 0 Å². The molecule has 1 N–H and O–H groups in total. The number of benzene rings is 2. The first-order chi connectivity index (χ1) is 12.1. The number of hydrogen-bond donors (Lipinski definition) is 1. The number of hydrogen-bond acceptors (Lipinski definition) is 5. The van der Waals surface area contributed by atoms with E-state index in [9.17, 15) is 9.18 Å². The van der Waals surface area contributed by atoms with Crippen LogP contribution >= 0.6 is 11.8 Å². The van der Waals surface area contributed by atoms with Gasteiger partial charge in [0.15, 0.2) is 11.5 Å². The van der Waals surface area contributed by atoms with Gasteiger partial charge in [-0.2, -0.15) is 5.10 Å². The molecule has 0 aliphatic carbocycles. The molecule has 2 aromatic rings. The lowest BCUT2D eigenvalue weighted by molar-refractivity contribution is 0.0954. The fourth-order valence-electron chi connectivity index (χ4n) is 2.52. The molecule has 5 nitrogen and oxygen atoms in total. The standard InChI is InChI=1S/C18H17FN2O3S/c1-23-15-5-3-11(9-16(15)24-2)18(22)21-20-14-7-8-25-17-6-4-12(19)10-13(14)17/h3-6,9-10H,7-8H2,1-2H3,(H,21,22). The van der Waals surface area contributed by atoms with Gasteiger partial charge in [0, 0.05) is 28.2 Å². The van der Waals surface area contributed by atoms with Gasteiger partial charge in [-0.15, -0.1) is 11.8 Å². The Bertz CT molecular complexity index is 839. The number of thioether (sulfide) groups is 1. The van der Waals surface area contributed by atoms with Gasteiger partial charge < -0.3 is 9.47 Å². The molecule has 0 fully saturated rings. The van der Waals surface area contributed by atoms with Crippen LogP contribution in [0.15, 0.2) is 46.4 Å². The van der Waals surface area contributed by atoms with Crippen LogP contribution in [0, 0.1) is 5.82 Å². The molecule has 0 saturated carbocycles. The number of amides is 1. The molecular formula is C18H17FN2O3S. The highest BCUT2D eigenvalue weighted by Gasteiger charge is 2.18. The Morgan fingerprint density at radius 1 is 1.16 bits per heavy atom. The van der Waals surface area contributed by atoms with E-state index in [1.807, 2.05) is 0 Å². The average Bonchev–Trinajstić information content (AvgIpc) is 2.65. The first-order valence-electron chi connectivity index (χ1n) is 7.64. The highest BCUT2D eigenvalue weighted by Crippen LogP contribution is 2.31. The van der Waals surface area contributed by atoms with Crippen molar-refractivity contribution in [1.29, 1.82) is 0 Å². The fraction of sp³-hybridized carbons (Fsp3) is 0.222. The lowest BCUT2D eigenvalue weighted by atomic mass is 10.1. The lowest BCUT2D eigenvalue weighted by Gasteiger charge is -2.17. The van der Waals surface area contributed by atoms with Crippen molar-refractivity contribution in [2.75, 3.05) is 20.0 Å². The van der Waals surface area contributed by atoms with E-state index in [0.29, 0.717) is 29.2 Å². The summed E-state index contributed by atoms with van der Waals surface area (Å²) in [4.78, 5) is 13.3. The van der Waals surface area contributed by atoms with Crippen molar-refractivity contribution in [2.45, 2.75) is 11.3 Å². The van der Waals surface area contributed by atoms with Gasteiger partial charge in [-0.1, -0.05) is 0 Å². The normalized spacial score (nSPS) is 14.8. The first kappa shape index (κ1) is 17.3. The summed E-state index contributed by atoms with van der Waals surface area (Å²) in [5.74, 6) is 1.15. The van der Waals surface area contributed by atoms with Crippen molar-refractivity contribution in [3.63, 3.8) is 0 Å². The number of nitrogens with zero attached hydrogens (tertiary/aromatic N) is 1. The molecule has 0 bridgehead atoms. The molecule has 1 aliphatic heterocycles. The van der Waals surface area contributed by atoms with Crippen LogP contribution in [0.5, 0.6) is 11.5 Å². The molecule has 0 atom stereocenters. The first-order valence-corrected chi connectivity index (χ1v) is 8.62. The van der Waals surface area contributed by atoms with Crippen LogP contribution in [0.25, 0.3) is 0 Å². The van der Waals surface area contributed by atoms with E-state index >= 15 is 0 Å². The Hall–Kier alpha value is -2.54. The summed E-state index contributed by atoms with van der Waals surface area (Å²) < 4.78 is 23.9. The number of fused-ring (bicyclic) bond motifs is 1. The summed E-state index contributed by atoms with van der Waals surface area (Å²) in [6, 6.07) is 9.47. The van der Waals surface area contributed by atoms with E-state index in [1.165, 1.54) is 26.4 Å². The maximum atomic E-state index is 13.5. The van der Waals surface area contributed by atoms with Gasteiger partial charge in [0.05, 0.1) is 19.9 Å². The minimum atomic E-state index is -0.371. The molecule has 2 aromatic carbocycles. The van der Waals surface area contributed by atoms with Crippen LogP contribution in [0.2, 0.25) is 0 Å². The van der Waals surface area contributed by atoms with Gasteiger partial charge in [-0.05, 0) is 36.4 Å². The Morgan fingerprint density at radius 2 is 1.96 bits per heavy atom. The SMILES string of the molecule is COc1ccc(C(=O)NN=C2CCSc3ccc(F)cc32)cc1OC. The largest absolute Gasteiger partial charge is 0.493 e. The number of rotatable bonds is 4. The molecular weight excluding hydrogens is 343 g/mol. The van der Waals surface area contributed by atoms with Crippen LogP contribution in [-0.4, -0.2) is 31.6 Å². The second kappa shape index (κ2) is 7.57. The molecule has 1 heterocycles. The predicted molar refractivity (Wildman–Crippen MR) is 95.3 cm³/mol. The van der Waals surface area contributed by atoms with E-state index in [1.54, 1.807) is 36.0 Å². The van der Waals surface area contributed by atoms with Crippen molar-refractivity contribution in [3.05, 3.63) is 53.3 Å². The number of ether oxygens (including phenoxy) is 2. The van der Waals surface area contributed by atoms with E-state index in [-0.39, 0.29) is 11.7 Å². The monoisotopic (exact) mass is 360 g/mol. The van der Waals surface area contributed by atoms with Gasteiger partial charge in [-0.3, -0.25) is 4.79 Å². The van der Waals surface area contributed by atoms with Crippen molar-refractivity contribution in [1.82, 2.24) is 5.43 Å². The van der Waals surface area contributed by atoms with Gasteiger partial charge in [-0.25, -0.2) is 9.82 Å². The van der Waals surface area contributed by atoms with E-state index in [4.69, 9.17) is 9.47 Å². The molecule has 3 rings (SSSR count). The average molecular weight is 360 g/mol. The Morgan fingerprint density at radius 3 is 2.72 bits per heavy atom. The Kier molecular flexibility index (Phi) is 5.23. The molecule has 0 saturated heterocycles. The number of methoxy groups -OCH3 is 2. The van der Waals surface area contributed by atoms with Crippen molar-refractivity contribution < 1.29 is 18.7 Å². The van der Waals surface area contributed by atoms with Crippen LogP contribution < -0.4 is 14.9 Å². The van der Waals surface area contributed by atoms with Gasteiger partial charge in [0.1, 0.15) is 5.82 Å². The summed E-state index contributed by atoms with van der Waals surface area (Å²) in [6.45, 7) is 0. The third-order valence-electron chi connectivity index (χ3n) is 3.79. The fourth-order valence-corrected chi connectivity index (χ4v) is 3.53. The topological polar surface area (TPSA) is 59.9 Å². The maximum Gasteiger partial charge on any atom is 0.271 e. The Labute approximate surface area is 149 Å². The van der Waals surface area contributed by atoms with Crippen LogP contribution in [0.1, 0.15) is 22.3 Å². The summed E-state index contributed by atoms with van der Waals surface area (Å²) in [5.41, 5.74) is 4.33. The van der Waals surface area contributed by atoms with Crippen LogP contribution in [0.4, 0.5) is 4.39 Å². The Balaban J connectivity index is 1.81. The van der Waals surface area contributed by atoms with Crippen molar-refractivity contribution >= 4 is 23.4 Å². The summed E-state index contributed by atoms with van der Waals surface area (Å²) >= 11 is 1.65. The number of nitrogens with one attached hydrogen (secondary N) is 1. The zero-order chi connectivity index (χ0) is 17.8. The second-order valence-corrected chi connectivity index (χ2v) is 6.44. The molecule has 0 spiro atoms. The number of hydrazone groups is 1. The van der Waals surface area contributed by atoms with Crippen molar-refractivity contribution in [2.24, 2.45) is 5.10 Å². The van der Waals surface area contributed by atoms with E-state index in [2.05, 4.69) is 10.5 Å². The lowest BCUT2D eigenvalue weighted by Crippen LogP contribution is -2.22. The van der Waals surface area contributed by atoms with Crippen LogP contribution in [-0.2, 0) is 0 Å². The predicted octanol–water partition coefficient (Wildman–Crippen LogP) is 3.47. The molecule has 130 valence electrons. The summed E-state index contributed by atoms with van der Waals surface area (Å²) in [6.07, 6.45) is 0.660. The maximum absolute atomic E-state index is 13.5. The molecule has 7 heteroatoms. The molecule has 1 aliphatic rings. The molecule has 0 unspecified atom stereocenters. The minimum Gasteiger partial charge on any atom is -0.493 e. The van der Waals surface area contributed by atoms with Crippen molar-refractivity contribution in [3.8, 4) is 11.5 Å². The smallest absolute Gasteiger partial charge is 0.271 e. The summed E-state index contributed by atoms with van der Waals surface area (Å²) in [7, 11) is 3.03. The minimum absolute atomic E-state index is 0.319. The second-order valence-electron chi connectivity index (χ2n) is 5.31. The number of carbonyl (C=O) groups is 1. The molecule has 0 radical (unpaired) electrons. The molecule has 25 heavy (non-hydrogen) atoms.